The lowest BCUT2D eigenvalue weighted by Gasteiger charge is -2.26. The standard InChI is InChI=1S/C23H23ClF3N3O3S/c1-4-33-21(32)22(2)14-29(28-20(22)15-5-9-17(24)10-6-15)13-19(31)30(34-3)18-11-7-16(8-12-18)23(25,26)27/h5-12H,4,13-14H2,1-3H3. The Labute approximate surface area is 204 Å². The number of ether oxygens (including phenoxy) is 1. The molecule has 0 aliphatic carbocycles. The van der Waals surface area contributed by atoms with Crippen LogP contribution in [0.15, 0.2) is 53.6 Å². The van der Waals surface area contributed by atoms with Gasteiger partial charge in [0.15, 0.2) is 0 Å². The molecule has 11 heteroatoms. The molecule has 0 spiro atoms. The van der Waals surface area contributed by atoms with Crippen molar-refractivity contribution >= 4 is 46.8 Å². The number of anilines is 1. The molecule has 0 bridgehead atoms. The molecule has 182 valence electrons. The van der Waals surface area contributed by atoms with Crippen LogP contribution in [0.4, 0.5) is 18.9 Å². The van der Waals surface area contributed by atoms with Crippen molar-refractivity contribution in [3.8, 4) is 0 Å². The van der Waals surface area contributed by atoms with Gasteiger partial charge in [-0.25, -0.2) is 0 Å². The molecule has 1 heterocycles. The molecule has 0 aromatic heterocycles. The van der Waals surface area contributed by atoms with E-state index in [1.54, 1.807) is 44.4 Å². The van der Waals surface area contributed by atoms with Crippen LogP contribution in [-0.2, 0) is 20.5 Å². The number of amides is 1. The topological polar surface area (TPSA) is 62.2 Å². The first-order chi connectivity index (χ1) is 16.0. The zero-order chi connectivity index (χ0) is 25.1. The number of hydrogen-bond acceptors (Lipinski definition) is 6. The summed E-state index contributed by atoms with van der Waals surface area (Å²) in [5.41, 5.74) is -0.505. The number of hydrogen-bond donors (Lipinski definition) is 0. The van der Waals surface area contributed by atoms with E-state index >= 15 is 0 Å². The van der Waals surface area contributed by atoms with Crippen molar-refractivity contribution in [2.75, 3.05) is 30.3 Å². The van der Waals surface area contributed by atoms with Gasteiger partial charge < -0.3 is 4.74 Å². The molecule has 34 heavy (non-hydrogen) atoms. The molecule has 1 atom stereocenters. The van der Waals surface area contributed by atoms with Crippen LogP contribution in [0.1, 0.15) is 25.0 Å². The van der Waals surface area contributed by atoms with E-state index in [4.69, 9.17) is 16.3 Å². The summed E-state index contributed by atoms with van der Waals surface area (Å²) in [6.45, 7) is 3.51. The van der Waals surface area contributed by atoms with Gasteiger partial charge in [0.25, 0.3) is 5.91 Å². The van der Waals surface area contributed by atoms with Gasteiger partial charge in [-0.3, -0.25) is 18.9 Å². The van der Waals surface area contributed by atoms with Crippen molar-refractivity contribution in [1.82, 2.24) is 5.01 Å². The Bertz CT molecular complexity index is 1080. The molecular formula is C23H23ClF3N3O3S. The first kappa shape index (κ1) is 25.9. The molecule has 2 aromatic rings. The maximum Gasteiger partial charge on any atom is 0.416 e. The Morgan fingerprint density at radius 3 is 2.32 bits per heavy atom. The fourth-order valence-corrected chi connectivity index (χ4v) is 4.33. The molecule has 0 saturated carbocycles. The molecule has 3 rings (SSSR count). The van der Waals surface area contributed by atoms with Crippen molar-refractivity contribution in [2.24, 2.45) is 10.5 Å². The predicted octanol–water partition coefficient (Wildman–Crippen LogP) is 5.26. The lowest BCUT2D eigenvalue weighted by atomic mass is 9.82. The highest BCUT2D eigenvalue weighted by molar-refractivity contribution is 8.00. The van der Waals surface area contributed by atoms with Gasteiger partial charge in [-0.05, 0) is 67.8 Å². The molecule has 0 radical (unpaired) electrons. The number of rotatable bonds is 7. The number of alkyl halides is 3. The average molecular weight is 514 g/mol. The smallest absolute Gasteiger partial charge is 0.416 e. The van der Waals surface area contributed by atoms with Crippen LogP contribution in [0.25, 0.3) is 0 Å². The molecule has 1 unspecified atom stereocenters. The highest BCUT2D eigenvalue weighted by atomic mass is 35.5. The van der Waals surface area contributed by atoms with Crippen molar-refractivity contribution in [3.05, 3.63) is 64.7 Å². The maximum atomic E-state index is 13.0. The summed E-state index contributed by atoms with van der Waals surface area (Å²) in [5, 5.41) is 6.54. The van der Waals surface area contributed by atoms with Crippen LogP contribution in [0.2, 0.25) is 5.02 Å². The second kappa shape index (κ2) is 10.3. The quantitative estimate of drug-likeness (QED) is 0.373. The third-order valence-electron chi connectivity index (χ3n) is 5.26. The molecular weight excluding hydrogens is 491 g/mol. The van der Waals surface area contributed by atoms with E-state index in [0.717, 1.165) is 24.1 Å². The van der Waals surface area contributed by atoms with Crippen LogP contribution in [0, 0.1) is 5.41 Å². The van der Waals surface area contributed by atoms with Gasteiger partial charge in [0.1, 0.15) is 12.0 Å². The summed E-state index contributed by atoms with van der Waals surface area (Å²) in [4.78, 5) is 25.9. The minimum Gasteiger partial charge on any atom is -0.465 e. The predicted molar refractivity (Wildman–Crippen MR) is 127 cm³/mol. The summed E-state index contributed by atoms with van der Waals surface area (Å²) in [5.74, 6) is -0.873. The minimum atomic E-state index is -4.47. The number of halogens is 4. The lowest BCUT2D eigenvalue weighted by Crippen LogP contribution is -2.42. The third kappa shape index (κ3) is 5.50. The fraction of sp³-hybridized carbons (Fsp3) is 0.348. The summed E-state index contributed by atoms with van der Waals surface area (Å²) in [6, 6.07) is 11.2. The van der Waals surface area contributed by atoms with Crippen LogP contribution in [0.5, 0.6) is 0 Å². The van der Waals surface area contributed by atoms with E-state index in [2.05, 4.69) is 5.10 Å². The highest BCUT2D eigenvalue weighted by Crippen LogP contribution is 2.34. The van der Waals surface area contributed by atoms with Crippen molar-refractivity contribution in [2.45, 2.75) is 20.0 Å². The van der Waals surface area contributed by atoms with Crippen LogP contribution in [0.3, 0.4) is 0 Å². The van der Waals surface area contributed by atoms with E-state index in [0.29, 0.717) is 22.0 Å². The Morgan fingerprint density at radius 1 is 1.18 bits per heavy atom. The SMILES string of the molecule is CCOC(=O)C1(C)CN(CC(=O)N(SC)c2ccc(C(F)(F)F)cc2)N=C1c1ccc(Cl)cc1. The van der Waals surface area contributed by atoms with E-state index in [1.807, 2.05) is 0 Å². The molecule has 0 saturated heterocycles. The van der Waals surface area contributed by atoms with Crippen LogP contribution in [-0.4, -0.2) is 48.5 Å². The molecule has 0 N–H and O–H groups in total. The largest absolute Gasteiger partial charge is 0.465 e. The number of nitrogens with zero attached hydrogens (tertiary/aromatic N) is 3. The number of benzene rings is 2. The van der Waals surface area contributed by atoms with Gasteiger partial charge in [0, 0.05) is 11.3 Å². The second-order valence-corrected chi connectivity index (χ2v) is 8.91. The Balaban J connectivity index is 1.85. The summed E-state index contributed by atoms with van der Waals surface area (Å²) >= 11 is 7.05. The first-order valence-electron chi connectivity index (χ1n) is 10.3. The minimum absolute atomic E-state index is 0.102. The van der Waals surface area contributed by atoms with Crippen LogP contribution >= 0.6 is 23.5 Å². The van der Waals surface area contributed by atoms with Gasteiger partial charge in [-0.1, -0.05) is 23.7 Å². The highest BCUT2D eigenvalue weighted by Gasteiger charge is 2.47. The van der Waals surface area contributed by atoms with Gasteiger partial charge in [-0.15, -0.1) is 0 Å². The van der Waals surface area contributed by atoms with E-state index in [9.17, 15) is 22.8 Å². The zero-order valence-electron chi connectivity index (χ0n) is 18.7. The van der Waals surface area contributed by atoms with Crippen LogP contribution < -0.4 is 4.31 Å². The first-order valence-corrected chi connectivity index (χ1v) is 11.9. The monoisotopic (exact) mass is 513 g/mol. The number of hydrazone groups is 1. The van der Waals surface area contributed by atoms with Crippen molar-refractivity contribution in [3.63, 3.8) is 0 Å². The number of carbonyl (C=O) groups excluding carboxylic acids is 2. The third-order valence-corrected chi connectivity index (χ3v) is 6.29. The summed E-state index contributed by atoms with van der Waals surface area (Å²) in [6.07, 6.45) is -2.82. The molecule has 1 amide bonds. The van der Waals surface area contributed by atoms with Gasteiger partial charge in [0.05, 0.1) is 30.1 Å². The maximum absolute atomic E-state index is 13.0. The number of esters is 1. The Morgan fingerprint density at radius 2 is 1.79 bits per heavy atom. The van der Waals surface area contributed by atoms with Gasteiger partial charge in [0.2, 0.25) is 0 Å². The molecule has 1 aliphatic rings. The Hall–Kier alpha value is -2.72. The van der Waals surface area contributed by atoms with E-state index in [1.165, 1.54) is 21.4 Å². The van der Waals surface area contributed by atoms with Gasteiger partial charge >= 0.3 is 12.1 Å². The summed E-state index contributed by atoms with van der Waals surface area (Å²) in [7, 11) is 0. The Kier molecular flexibility index (Phi) is 7.82. The second-order valence-electron chi connectivity index (χ2n) is 7.75. The fourth-order valence-electron chi connectivity index (χ4n) is 3.61. The van der Waals surface area contributed by atoms with E-state index in [-0.39, 0.29) is 19.7 Å². The molecule has 6 nitrogen and oxygen atoms in total. The zero-order valence-corrected chi connectivity index (χ0v) is 20.3. The van der Waals surface area contributed by atoms with Crippen molar-refractivity contribution < 1.29 is 27.5 Å². The van der Waals surface area contributed by atoms with Gasteiger partial charge in [-0.2, -0.15) is 18.3 Å². The van der Waals surface area contributed by atoms with Crippen molar-refractivity contribution in [1.29, 1.82) is 0 Å². The molecule has 0 fully saturated rings. The number of carbonyl (C=O) groups is 2. The molecule has 1 aliphatic heterocycles. The summed E-state index contributed by atoms with van der Waals surface area (Å²) < 4.78 is 45.2. The lowest BCUT2D eigenvalue weighted by molar-refractivity contribution is -0.150. The normalized spacial score (nSPS) is 18.0. The molecule has 2 aromatic carbocycles. The van der Waals surface area contributed by atoms with E-state index < -0.39 is 29.0 Å². The average Bonchev–Trinajstić information content (AvgIpc) is 3.12.